The summed E-state index contributed by atoms with van der Waals surface area (Å²) in [4.78, 5) is 38.4. The van der Waals surface area contributed by atoms with Crippen molar-refractivity contribution < 1.29 is 18.0 Å². The summed E-state index contributed by atoms with van der Waals surface area (Å²) in [5.41, 5.74) is 0.349. The number of nitrogens with zero attached hydrogens (tertiary/aromatic N) is 4. The molecule has 0 unspecified atom stereocenters. The van der Waals surface area contributed by atoms with E-state index in [9.17, 15) is 22.8 Å². The minimum absolute atomic E-state index is 0.0927. The van der Waals surface area contributed by atoms with Gasteiger partial charge in [-0.3, -0.25) is 4.79 Å². The molecule has 8 nitrogen and oxygen atoms in total. The summed E-state index contributed by atoms with van der Waals surface area (Å²) in [6.45, 7) is 0. The first kappa shape index (κ1) is 21.8. The lowest BCUT2D eigenvalue weighted by atomic mass is 9.83. The topological polar surface area (TPSA) is 95.9 Å². The van der Waals surface area contributed by atoms with E-state index in [0.29, 0.717) is 25.1 Å². The Balaban J connectivity index is 1.41. The molecule has 1 aliphatic rings. The molecule has 2 N–H and O–H groups in total. The molecule has 0 saturated heterocycles. The van der Waals surface area contributed by atoms with Gasteiger partial charge < -0.3 is 19.8 Å². The average molecular weight is 448 g/mol. The maximum absolute atomic E-state index is 13.1. The van der Waals surface area contributed by atoms with Gasteiger partial charge in [0.2, 0.25) is 0 Å². The summed E-state index contributed by atoms with van der Waals surface area (Å²) in [5.74, 6) is 0.227. The number of alkyl halides is 3. The van der Waals surface area contributed by atoms with Crippen molar-refractivity contribution in [3.63, 3.8) is 0 Å². The van der Waals surface area contributed by atoms with Gasteiger partial charge in [-0.2, -0.15) is 13.2 Å². The van der Waals surface area contributed by atoms with Gasteiger partial charge in [0.05, 0.1) is 17.5 Å². The van der Waals surface area contributed by atoms with Crippen molar-refractivity contribution in [1.82, 2.24) is 24.4 Å². The largest absolute Gasteiger partial charge is 0.417 e. The van der Waals surface area contributed by atoms with Gasteiger partial charge in [0.15, 0.2) is 5.65 Å². The molecule has 0 spiro atoms. The van der Waals surface area contributed by atoms with E-state index < -0.39 is 29.0 Å². The van der Waals surface area contributed by atoms with Crippen LogP contribution in [0.25, 0.3) is 11.2 Å². The van der Waals surface area contributed by atoms with E-state index in [2.05, 4.69) is 20.3 Å². The third-order valence-electron chi connectivity index (χ3n) is 6.01. The van der Waals surface area contributed by atoms with Crippen LogP contribution in [0, 0.1) is 0 Å². The molecular weight excluding hydrogens is 425 g/mol. The first-order valence-corrected chi connectivity index (χ1v) is 10.2. The van der Waals surface area contributed by atoms with Crippen molar-refractivity contribution >= 4 is 22.9 Å². The number of carbonyl (C=O) groups is 1. The molecule has 0 aliphatic heterocycles. The minimum Gasteiger partial charge on any atom is -0.345 e. The molecule has 2 amide bonds. The highest BCUT2D eigenvalue weighted by atomic mass is 19.4. The molecule has 3 heterocycles. The van der Waals surface area contributed by atoms with Gasteiger partial charge in [-0.05, 0) is 37.8 Å². The number of carbonyl (C=O) groups excluding carboxylic acids is 1. The third kappa shape index (κ3) is 4.32. The van der Waals surface area contributed by atoms with Crippen LogP contribution in [0.4, 0.5) is 23.7 Å². The van der Waals surface area contributed by atoms with E-state index in [0.717, 1.165) is 34.3 Å². The fourth-order valence-electron chi connectivity index (χ4n) is 4.13. The number of H-pyrrole nitrogens is 1. The van der Waals surface area contributed by atoms with Gasteiger partial charge in [-0.25, -0.2) is 14.8 Å². The van der Waals surface area contributed by atoms with Crippen LogP contribution in [-0.4, -0.2) is 43.5 Å². The van der Waals surface area contributed by atoms with E-state index >= 15 is 0 Å². The predicted octanol–water partition coefficient (Wildman–Crippen LogP) is 3.87. The number of aromatic amines is 1. The van der Waals surface area contributed by atoms with Crippen LogP contribution in [0.1, 0.15) is 42.9 Å². The Morgan fingerprint density at radius 2 is 2.00 bits per heavy atom. The second kappa shape index (κ2) is 8.29. The molecule has 3 aromatic rings. The number of urea groups is 1. The van der Waals surface area contributed by atoms with Gasteiger partial charge >= 0.3 is 12.2 Å². The molecule has 170 valence electrons. The van der Waals surface area contributed by atoms with Crippen molar-refractivity contribution in [2.75, 3.05) is 12.4 Å². The third-order valence-corrected chi connectivity index (χ3v) is 6.01. The highest BCUT2D eigenvalue weighted by Crippen LogP contribution is 2.34. The number of nitrogens with one attached hydrogen (secondary N) is 2. The standard InChI is InChI=1S/C21H23F3N6O2/c1-29-11-13(21(22,23)24)9-16(19(29)31)28-20(32)30(2)14-5-3-12(4-6-14)17-10-26-18-15(27-17)7-8-25-18/h7-12,14H,3-6H2,1-2H3,(H,25,26)(H,28,32)/t12-,14-. The molecule has 4 rings (SSSR count). The Hall–Kier alpha value is -3.37. The lowest BCUT2D eigenvalue weighted by Crippen LogP contribution is -2.42. The summed E-state index contributed by atoms with van der Waals surface area (Å²) in [6, 6.07) is 1.83. The van der Waals surface area contributed by atoms with Crippen LogP contribution in [0.3, 0.4) is 0 Å². The quantitative estimate of drug-likeness (QED) is 0.636. The summed E-state index contributed by atoms with van der Waals surface area (Å²) < 4.78 is 40.0. The Morgan fingerprint density at radius 3 is 2.69 bits per heavy atom. The Labute approximate surface area is 181 Å². The fraction of sp³-hybridized carbons (Fsp3) is 0.429. The normalized spacial score (nSPS) is 19.2. The van der Waals surface area contributed by atoms with Crippen LogP contribution in [0.15, 0.2) is 35.5 Å². The van der Waals surface area contributed by atoms with Crippen molar-refractivity contribution in [2.45, 2.75) is 43.8 Å². The van der Waals surface area contributed by atoms with E-state index in [1.165, 1.54) is 11.9 Å². The first-order chi connectivity index (χ1) is 15.1. The average Bonchev–Trinajstić information content (AvgIpc) is 3.23. The summed E-state index contributed by atoms with van der Waals surface area (Å²) in [5, 5.41) is 2.35. The second-order valence-corrected chi connectivity index (χ2v) is 8.11. The predicted molar refractivity (Wildman–Crippen MR) is 112 cm³/mol. The van der Waals surface area contributed by atoms with E-state index in [1.807, 2.05) is 6.07 Å². The van der Waals surface area contributed by atoms with Crippen LogP contribution in [0.2, 0.25) is 0 Å². The molecule has 0 aromatic carbocycles. The molecule has 32 heavy (non-hydrogen) atoms. The van der Waals surface area contributed by atoms with Crippen molar-refractivity contribution in [1.29, 1.82) is 0 Å². The number of anilines is 1. The molecule has 1 fully saturated rings. The zero-order chi connectivity index (χ0) is 23.0. The number of aryl methyl sites for hydroxylation is 1. The molecule has 11 heteroatoms. The molecule has 1 saturated carbocycles. The number of amides is 2. The zero-order valence-electron chi connectivity index (χ0n) is 17.6. The SMILES string of the molecule is Cn1cc(C(F)(F)F)cc(NC(=O)N(C)[C@H]2CC[C@H](c3cnc4[nH]ccc4n3)CC2)c1=O. The summed E-state index contributed by atoms with van der Waals surface area (Å²) >= 11 is 0. The lowest BCUT2D eigenvalue weighted by molar-refractivity contribution is -0.138. The number of aromatic nitrogens is 4. The summed E-state index contributed by atoms with van der Waals surface area (Å²) in [6.07, 6.45) is 2.67. The highest BCUT2D eigenvalue weighted by Gasteiger charge is 2.33. The number of halogens is 3. The van der Waals surface area contributed by atoms with Gasteiger partial charge in [0, 0.05) is 38.4 Å². The zero-order valence-corrected chi connectivity index (χ0v) is 17.6. The molecular formula is C21H23F3N6O2. The minimum atomic E-state index is -4.62. The van der Waals surface area contributed by atoms with Gasteiger partial charge in [0.25, 0.3) is 5.56 Å². The maximum Gasteiger partial charge on any atom is 0.417 e. The molecule has 1 aliphatic carbocycles. The smallest absolute Gasteiger partial charge is 0.345 e. The second-order valence-electron chi connectivity index (χ2n) is 8.11. The summed E-state index contributed by atoms with van der Waals surface area (Å²) in [7, 11) is 2.80. The van der Waals surface area contributed by atoms with Crippen LogP contribution in [0.5, 0.6) is 0 Å². The van der Waals surface area contributed by atoms with E-state index in [1.54, 1.807) is 19.4 Å². The van der Waals surface area contributed by atoms with Crippen molar-refractivity contribution in [3.8, 4) is 0 Å². The van der Waals surface area contributed by atoms with Crippen LogP contribution < -0.4 is 10.9 Å². The molecule has 0 bridgehead atoms. The monoisotopic (exact) mass is 448 g/mol. The molecule has 0 atom stereocenters. The molecule has 3 aromatic heterocycles. The van der Waals surface area contributed by atoms with Crippen LogP contribution in [-0.2, 0) is 13.2 Å². The van der Waals surface area contributed by atoms with Gasteiger partial charge in [-0.15, -0.1) is 0 Å². The van der Waals surface area contributed by atoms with Crippen molar-refractivity contribution in [3.05, 3.63) is 52.3 Å². The van der Waals surface area contributed by atoms with Crippen LogP contribution >= 0.6 is 0 Å². The van der Waals surface area contributed by atoms with Crippen molar-refractivity contribution in [2.24, 2.45) is 7.05 Å². The Kier molecular flexibility index (Phi) is 5.66. The van der Waals surface area contributed by atoms with Gasteiger partial charge in [-0.1, -0.05) is 0 Å². The Morgan fingerprint density at radius 1 is 1.28 bits per heavy atom. The van der Waals surface area contributed by atoms with E-state index in [-0.39, 0.29) is 12.0 Å². The van der Waals surface area contributed by atoms with E-state index in [4.69, 9.17) is 0 Å². The maximum atomic E-state index is 13.1. The lowest BCUT2D eigenvalue weighted by Gasteiger charge is -2.34. The number of pyridine rings is 1. The fourth-order valence-corrected chi connectivity index (χ4v) is 4.13. The number of hydrogen-bond donors (Lipinski definition) is 2. The molecule has 0 radical (unpaired) electrons. The Bertz CT molecular complexity index is 1190. The van der Waals surface area contributed by atoms with Gasteiger partial charge in [0.1, 0.15) is 11.2 Å². The first-order valence-electron chi connectivity index (χ1n) is 10.2. The number of fused-ring (bicyclic) bond motifs is 1. The highest BCUT2D eigenvalue weighted by molar-refractivity contribution is 5.89. The number of rotatable bonds is 3. The number of hydrogen-bond acceptors (Lipinski definition) is 4.